The quantitative estimate of drug-likeness (QED) is 0.0681. The van der Waals surface area contributed by atoms with Crippen LogP contribution < -0.4 is 24.5 Å². The minimum absolute atomic E-state index is 0.0427. The first-order valence-corrected chi connectivity index (χ1v) is 25.1. The van der Waals surface area contributed by atoms with E-state index in [0.29, 0.717) is 51.0 Å². The van der Waals surface area contributed by atoms with Crippen molar-refractivity contribution in [3.63, 3.8) is 0 Å². The summed E-state index contributed by atoms with van der Waals surface area (Å²) in [6.45, 7) is 6.54. The second-order valence-electron chi connectivity index (χ2n) is 17.6. The summed E-state index contributed by atoms with van der Waals surface area (Å²) in [5.74, 6) is 0.142. The number of nitrogens with zero attached hydrogens (tertiary/aromatic N) is 4. The molecule has 3 aliphatic heterocycles. The maximum atomic E-state index is 15.7. The van der Waals surface area contributed by atoms with E-state index in [-0.39, 0.29) is 55.7 Å². The third-order valence-corrected chi connectivity index (χ3v) is 17.9. The van der Waals surface area contributed by atoms with Crippen LogP contribution >= 0.6 is 0 Å². The summed E-state index contributed by atoms with van der Waals surface area (Å²) in [6.07, 6.45) is -0.875. The molecule has 1 fully saturated rings. The van der Waals surface area contributed by atoms with Gasteiger partial charge in [0.15, 0.2) is 11.4 Å². The second kappa shape index (κ2) is 17.7. The number of ether oxygens (including phenoxy) is 3. The number of hydrogen-bond donors (Lipinski definition) is 1. The maximum absolute atomic E-state index is 15.7. The van der Waals surface area contributed by atoms with Crippen molar-refractivity contribution in [2.24, 2.45) is 5.92 Å². The van der Waals surface area contributed by atoms with Gasteiger partial charge in [-0.1, -0.05) is 104 Å². The molecular formula is C52H50N4O9Si. The Hall–Kier alpha value is -7.13. The summed E-state index contributed by atoms with van der Waals surface area (Å²) in [7, 11) is -1.12. The van der Waals surface area contributed by atoms with Crippen molar-refractivity contribution >= 4 is 53.7 Å². The van der Waals surface area contributed by atoms with Crippen LogP contribution in [0.25, 0.3) is 0 Å². The van der Waals surface area contributed by atoms with Crippen LogP contribution in [0.4, 0.5) is 22.7 Å². The highest BCUT2D eigenvalue weighted by Crippen LogP contribution is 2.60. The van der Waals surface area contributed by atoms with E-state index in [0.717, 1.165) is 10.8 Å². The van der Waals surface area contributed by atoms with Gasteiger partial charge in [-0.3, -0.25) is 29.4 Å². The van der Waals surface area contributed by atoms with Gasteiger partial charge in [0.05, 0.1) is 62.7 Å². The van der Waals surface area contributed by atoms with Gasteiger partial charge in [-0.2, -0.15) is 0 Å². The van der Waals surface area contributed by atoms with Gasteiger partial charge < -0.3 is 29.1 Å². The number of anilines is 3. The van der Waals surface area contributed by atoms with Gasteiger partial charge in [-0.25, -0.2) is 0 Å². The number of para-hydroxylation sites is 3. The highest BCUT2D eigenvalue weighted by Gasteiger charge is 2.67. The van der Waals surface area contributed by atoms with Crippen LogP contribution in [-0.2, 0) is 33.0 Å². The van der Waals surface area contributed by atoms with E-state index in [1.165, 1.54) is 12.1 Å². The number of nitro groups is 1. The fourth-order valence-corrected chi connectivity index (χ4v) is 14.3. The third kappa shape index (κ3) is 7.70. The van der Waals surface area contributed by atoms with Crippen LogP contribution in [0.3, 0.4) is 0 Å². The Kier molecular flexibility index (Phi) is 11.8. The number of carbonyl (C=O) groups excluding carboxylic acids is 3. The fraction of sp³-hybridized carbons (Fsp3) is 0.250. The lowest BCUT2D eigenvalue weighted by Crippen LogP contribution is -2.52. The number of nitro benzene ring substituents is 1. The van der Waals surface area contributed by atoms with E-state index < -0.39 is 36.5 Å². The van der Waals surface area contributed by atoms with Gasteiger partial charge in [0.25, 0.3) is 17.5 Å². The standard InChI is InChI=1S/C52H50N4O9Si/c1-34-49(66(3,4)40-24-22-39(63-2)23-25-40)47(31-48(58)53(27-28-57)32-35-13-6-5-7-14-35)65-52(34)42-30-38(56(61)62)21-26-43(42)54(51(52)60)33-36-15-12-16-37(29-36)55-44-18-9-11-20-46(44)64-45-19-10-8-17-41(45)50(55)59/h5-26,29-30,34,47,49,57H,27-28,31-33H2,1-4H3/t34-,47+,49-,52+/m1/s1. The van der Waals surface area contributed by atoms with Crippen molar-refractivity contribution in [1.29, 1.82) is 0 Å². The Balaban J connectivity index is 1.12. The summed E-state index contributed by atoms with van der Waals surface area (Å²) >= 11 is 0. The molecule has 0 saturated carbocycles. The lowest BCUT2D eigenvalue weighted by atomic mass is 9.82. The summed E-state index contributed by atoms with van der Waals surface area (Å²) < 4.78 is 19.0. The molecule has 6 aromatic rings. The number of amides is 3. The molecule has 6 aromatic carbocycles. The summed E-state index contributed by atoms with van der Waals surface area (Å²) in [6, 6.07) is 43.6. The van der Waals surface area contributed by atoms with E-state index in [1.807, 2.05) is 116 Å². The molecule has 0 aliphatic carbocycles. The largest absolute Gasteiger partial charge is 0.497 e. The molecule has 0 bridgehead atoms. The van der Waals surface area contributed by atoms with Crippen LogP contribution in [0.2, 0.25) is 18.6 Å². The zero-order chi connectivity index (χ0) is 46.3. The summed E-state index contributed by atoms with van der Waals surface area (Å²) in [5.41, 5.74) is 1.67. The van der Waals surface area contributed by atoms with Crippen molar-refractivity contribution in [1.82, 2.24) is 4.90 Å². The highest BCUT2D eigenvalue weighted by molar-refractivity contribution is 6.91. The van der Waals surface area contributed by atoms with E-state index in [2.05, 4.69) is 13.1 Å². The molecule has 1 saturated heterocycles. The first kappa shape index (κ1) is 44.1. The lowest BCUT2D eigenvalue weighted by molar-refractivity contribution is -0.385. The SMILES string of the molecule is COc1ccc([Si](C)(C)[C@H]2[C@H](CC(=O)N(CCO)Cc3ccccc3)O[C@@]3(C(=O)N(Cc4cccc(N5C(=O)c6ccccc6Oc6ccccc65)c4)c4ccc([N+](=O)[O-])cc43)[C@@H]2C)cc1. The minimum atomic E-state index is -2.72. The van der Waals surface area contributed by atoms with Crippen LogP contribution in [-0.4, -0.2) is 67.1 Å². The van der Waals surface area contributed by atoms with Crippen LogP contribution in [0.5, 0.6) is 17.2 Å². The summed E-state index contributed by atoms with van der Waals surface area (Å²) in [5, 5.41) is 23.6. The molecule has 0 aromatic heterocycles. The average Bonchev–Trinajstić information content (AvgIpc) is 3.69. The molecule has 9 rings (SSSR count). The highest BCUT2D eigenvalue weighted by atomic mass is 28.3. The molecular weight excluding hydrogens is 853 g/mol. The number of hydrogen-bond acceptors (Lipinski definition) is 9. The van der Waals surface area contributed by atoms with Crippen LogP contribution in [0.15, 0.2) is 146 Å². The van der Waals surface area contributed by atoms with Gasteiger partial charge in [0.1, 0.15) is 11.5 Å². The average molecular weight is 903 g/mol. The first-order chi connectivity index (χ1) is 31.8. The molecule has 0 unspecified atom stereocenters. The minimum Gasteiger partial charge on any atom is -0.497 e. The fourth-order valence-electron chi connectivity index (χ4n) is 10.3. The Morgan fingerprint density at radius 2 is 1.55 bits per heavy atom. The van der Waals surface area contributed by atoms with Gasteiger partial charge >= 0.3 is 0 Å². The predicted molar refractivity (Wildman–Crippen MR) is 253 cm³/mol. The van der Waals surface area contributed by atoms with Crippen LogP contribution in [0, 0.1) is 16.0 Å². The molecule has 0 radical (unpaired) electrons. The van der Waals surface area contributed by atoms with Gasteiger partial charge in [0.2, 0.25) is 5.91 Å². The number of methoxy groups -OCH3 is 1. The Morgan fingerprint density at radius 1 is 0.848 bits per heavy atom. The predicted octanol–water partition coefficient (Wildman–Crippen LogP) is 8.86. The van der Waals surface area contributed by atoms with Crippen molar-refractivity contribution < 1.29 is 38.6 Å². The zero-order valence-electron chi connectivity index (χ0n) is 37.1. The molecule has 3 aliphatic rings. The Labute approximate surface area is 383 Å². The Bertz CT molecular complexity index is 2840. The number of carbonyl (C=O) groups is 3. The van der Waals surface area contributed by atoms with E-state index in [4.69, 9.17) is 14.2 Å². The Morgan fingerprint density at radius 3 is 2.27 bits per heavy atom. The van der Waals surface area contributed by atoms with Crippen LogP contribution in [0.1, 0.15) is 40.4 Å². The van der Waals surface area contributed by atoms with Crippen molar-refractivity contribution in [3.05, 3.63) is 178 Å². The molecule has 66 heavy (non-hydrogen) atoms. The monoisotopic (exact) mass is 902 g/mol. The van der Waals surface area contributed by atoms with Crippen molar-refractivity contribution in [2.75, 3.05) is 30.1 Å². The molecule has 336 valence electrons. The van der Waals surface area contributed by atoms with E-state index in [1.54, 1.807) is 46.1 Å². The van der Waals surface area contributed by atoms with Gasteiger partial charge in [-0.05, 0) is 71.3 Å². The van der Waals surface area contributed by atoms with E-state index in [9.17, 15) is 24.8 Å². The maximum Gasteiger partial charge on any atom is 0.269 e. The number of fused-ring (bicyclic) bond motifs is 4. The number of benzene rings is 6. The first-order valence-electron chi connectivity index (χ1n) is 22.0. The molecule has 1 N–H and O–H groups in total. The molecule has 1 spiro atoms. The van der Waals surface area contributed by atoms with Gasteiger partial charge in [0, 0.05) is 42.4 Å². The normalized spacial score (nSPS) is 19.7. The number of rotatable bonds is 13. The lowest BCUT2D eigenvalue weighted by Gasteiger charge is -2.37. The third-order valence-electron chi connectivity index (χ3n) is 13.5. The molecule has 14 heteroatoms. The topological polar surface area (TPSA) is 152 Å². The molecule has 3 amide bonds. The molecule has 3 heterocycles. The number of non-ortho nitro benzene ring substituents is 1. The van der Waals surface area contributed by atoms with Gasteiger partial charge in [-0.15, -0.1) is 0 Å². The smallest absolute Gasteiger partial charge is 0.269 e. The van der Waals surface area contributed by atoms with E-state index >= 15 is 4.79 Å². The van der Waals surface area contributed by atoms with Crippen molar-refractivity contribution in [2.45, 2.75) is 56.8 Å². The molecule has 4 atom stereocenters. The zero-order valence-corrected chi connectivity index (χ0v) is 38.1. The molecule has 13 nitrogen and oxygen atoms in total. The van der Waals surface area contributed by atoms with Crippen molar-refractivity contribution in [3.8, 4) is 17.2 Å². The summed E-state index contributed by atoms with van der Waals surface area (Å²) in [4.78, 5) is 61.4. The number of aliphatic hydroxyl groups excluding tert-OH is 1. The second-order valence-corrected chi connectivity index (χ2v) is 22.3. The number of aliphatic hydroxyl groups is 1.